The number of carbonyl (C=O) groups excluding carboxylic acids is 2. The van der Waals surface area contributed by atoms with Gasteiger partial charge >= 0.3 is 0 Å². The third kappa shape index (κ3) is 2.08. The van der Waals surface area contributed by atoms with Crippen LogP contribution in [0, 0.1) is 5.92 Å². The Kier molecular flexibility index (Phi) is 3.57. The summed E-state index contributed by atoms with van der Waals surface area (Å²) in [6.07, 6.45) is 3.74. The number of benzene rings is 1. The van der Waals surface area contributed by atoms with E-state index in [1.807, 2.05) is 30.4 Å². The van der Waals surface area contributed by atoms with Crippen molar-refractivity contribution in [3.8, 4) is 0 Å². The molecule has 1 aromatic carbocycles. The Hall–Kier alpha value is -1.55. The second kappa shape index (κ2) is 4.98. The summed E-state index contributed by atoms with van der Waals surface area (Å²) in [7, 11) is 0. The van der Waals surface area contributed by atoms with Crippen LogP contribution >= 0.6 is 11.8 Å². The normalized spacial score (nSPS) is 23.8. The van der Waals surface area contributed by atoms with Crippen LogP contribution in [0.1, 0.15) is 17.3 Å². The van der Waals surface area contributed by atoms with Gasteiger partial charge in [-0.1, -0.05) is 49.4 Å². The molecule has 94 valence electrons. The first-order valence-corrected chi connectivity index (χ1v) is 6.77. The van der Waals surface area contributed by atoms with Crippen LogP contribution in [0.4, 0.5) is 0 Å². The van der Waals surface area contributed by atoms with Gasteiger partial charge in [0.1, 0.15) is 4.75 Å². The number of Topliss-reactive ketones (excluding diaryl/α,β-unsaturated/α-hetero) is 1. The molecule has 0 bridgehead atoms. The van der Waals surface area contributed by atoms with Gasteiger partial charge in [0, 0.05) is 11.3 Å². The minimum atomic E-state index is -0.840. The minimum absolute atomic E-state index is 0.0480. The first kappa shape index (κ1) is 12.9. The lowest BCUT2D eigenvalue weighted by Crippen LogP contribution is -2.44. The van der Waals surface area contributed by atoms with E-state index in [-0.39, 0.29) is 5.78 Å². The number of ketones is 1. The Balaban J connectivity index is 2.40. The summed E-state index contributed by atoms with van der Waals surface area (Å²) in [5, 5.41) is 0. The van der Waals surface area contributed by atoms with Gasteiger partial charge in [-0.25, -0.2) is 0 Å². The highest BCUT2D eigenvalue weighted by Gasteiger charge is 2.46. The predicted octanol–water partition coefficient (Wildman–Crippen LogP) is 2.03. The van der Waals surface area contributed by atoms with E-state index in [4.69, 9.17) is 5.73 Å². The largest absolute Gasteiger partial charge is 0.369 e. The maximum absolute atomic E-state index is 12.6. The predicted molar refractivity (Wildman–Crippen MR) is 73.5 cm³/mol. The molecule has 0 aliphatic carbocycles. The fourth-order valence-corrected chi connectivity index (χ4v) is 3.37. The molecule has 2 rings (SSSR count). The van der Waals surface area contributed by atoms with E-state index in [9.17, 15) is 9.59 Å². The molecular weight excluding hydrogens is 246 g/mol. The highest BCUT2D eigenvalue weighted by molar-refractivity contribution is 8.02. The molecule has 1 heterocycles. The molecule has 0 aromatic heterocycles. The van der Waals surface area contributed by atoms with Gasteiger partial charge in [-0.3, -0.25) is 9.59 Å². The molecule has 1 aliphatic heterocycles. The molecule has 0 saturated carbocycles. The lowest BCUT2D eigenvalue weighted by molar-refractivity contribution is -0.121. The van der Waals surface area contributed by atoms with Gasteiger partial charge in [-0.15, -0.1) is 11.8 Å². The average molecular weight is 261 g/mol. The van der Waals surface area contributed by atoms with E-state index < -0.39 is 16.6 Å². The monoisotopic (exact) mass is 261 g/mol. The van der Waals surface area contributed by atoms with Crippen molar-refractivity contribution in [2.24, 2.45) is 11.7 Å². The summed E-state index contributed by atoms with van der Waals surface area (Å²) in [5.41, 5.74) is 5.99. The van der Waals surface area contributed by atoms with Gasteiger partial charge in [0.25, 0.3) is 0 Å². The lowest BCUT2D eigenvalue weighted by atomic mass is 9.85. The molecule has 2 atom stereocenters. The van der Waals surface area contributed by atoms with Crippen LogP contribution in [0.25, 0.3) is 0 Å². The number of hydrogen-bond acceptors (Lipinski definition) is 3. The van der Waals surface area contributed by atoms with Crippen molar-refractivity contribution in [3.05, 3.63) is 48.0 Å². The summed E-state index contributed by atoms with van der Waals surface area (Å²) in [5.74, 6) is -0.281. The summed E-state index contributed by atoms with van der Waals surface area (Å²) in [6.45, 7) is 1.71. The zero-order chi connectivity index (χ0) is 13.2. The summed E-state index contributed by atoms with van der Waals surface area (Å²) >= 11 is 1.47. The molecule has 0 spiro atoms. The second-order valence-electron chi connectivity index (χ2n) is 4.33. The van der Waals surface area contributed by atoms with Crippen LogP contribution in [-0.4, -0.2) is 22.2 Å². The molecule has 2 N–H and O–H groups in total. The maximum Gasteiger partial charge on any atom is 0.222 e. The summed E-state index contributed by atoms with van der Waals surface area (Å²) in [6, 6.07) is 9.03. The van der Waals surface area contributed by atoms with Crippen LogP contribution in [0.3, 0.4) is 0 Å². The van der Waals surface area contributed by atoms with Crippen LogP contribution in [0.15, 0.2) is 42.5 Å². The van der Waals surface area contributed by atoms with Crippen LogP contribution < -0.4 is 5.73 Å². The Morgan fingerprint density at radius 3 is 2.50 bits per heavy atom. The molecular formula is C14H15NO2S. The minimum Gasteiger partial charge on any atom is -0.369 e. The van der Waals surface area contributed by atoms with Gasteiger partial charge < -0.3 is 5.73 Å². The van der Waals surface area contributed by atoms with Crippen molar-refractivity contribution >= 4 is 23.5 Å². The van der Waals surface area contributed by atoms with E-state index >= 15 is 0 Å². The Morgan fingerprint density at radius 2 is 2.00 bits per heavy atom. The number of hydrogen-bond donors (Lipinski definition) is 1. The molecule has 3 nitrogen and oxygen atoms in total. The van der Waals surface area contributed by atoms with Gasteiger partial charge in [0.15, 0.2) is 5.78 Å². The standard InChI is InChI=1S/C14H15NO2S/c1-10(13(15)17)14(8-5-9-18-14)12(16)11-6-3-2-4-7-11/h2-8,10H,9H2,1H3,(H2,15,17). The van der Waals surface area contributed by atoms with Crippen molar-refractivity contribution < 1.29 is 9.59 Å². The third-order valence-corrected chi connectivity index (χ3v) is 4.76. The number of primary amides is 1. The fraction of sp³-hybridized carbons (Fsp3) is 0.286. The van der Waals surface area contributed by atoms with Gasteiger partial charge in [0.2, 0.25) is 5.91 Å². The molecule has 0 saturated heterocycles. The first-order valence-electron chi connectivity index (χ1n) is 5.79. The number of amides is 1. The van der Waals surface area contributed by atoms with E-state index in [2.05, 4.69) is 0 Å². The zero-order valence-electron chi connectivity index (χ0n) is 10.1. The zero-order valence-corrected chi connectivity index (χ0v) is 10.9. The van der Waals surface area contributed by atoms with Crippen molar-refractivity contribution in [3.63, 3.8) is 0 Å². The van der Waals surface area contributed by atoms with Gasteiger partial charge in [-0.2, -0.15) is 0 Å². The third-order valence-electron chi connectivity index (χ3n) is 3.24. The topological polar surface area (TPSA) is 60.2 Å². The molecule has 1 aliphatic rings. The Morgan fingerprint density at radius 1 is 1.33 bits per heavy atom. The first-order chi connectivity index (χ1) is 8.58. The van der Waals surface area contributed by atoms with Gasteiger partial charge in [0.05, 0.1) is 5.92 Å². The number of thioether (sulfide) groups is 1. The van der Waals surface area contributed by atoms with E-state index in [1.54, 1.807) is 19.1 Å². The highest BCUT2D eigenvalue weighted by Crippen LogP contribution is 2.41. The molecule has 0 fully saturated rings. The molecule has 4 heteroatoms. The molecule has 0 radical (unpaired) electrons. The van der Waals surface area contributed by atoms with Gasteiger partial charge in [-0.05, 0) is 0 Å². The van der Waals surface area contributed by atoms with E-state index in [0.29, 0.717) is 5.56 Å². The highest BCUT2D eigenvalue weighted by atomic mass is 32.2. The van der Waals surface area contributed by atoms with E-state index in [0.717, 1.165) is 5.75 Å². The number of nitrogens with two attached hydrogens (primary N) is 1. The Labute approximate surface area is 110 Å². The van der Waals surface area contributed by atoms with E-state index in [1.165, 1.54) is 11.8 Å². The molecule has 1 aromatic rings. The van der Waals surface area contributed by atoms with Crippen molar-refractivity contribution in [1.82, 2.24) is 0 Å². The number of rotatable bonds is 4. The smallest absolute Gasteiger partial charge is 0.222 e. The SMILES string of the molecule is CC(C(N)=O)C1(C(=O)c2ccccc2)C=CCS1. The molecule has 18 heavy (non-hydrogen) atoms. The van der Waals surface area contributed by atoms with Crippen molar-refractivity contribution in [2.75, 3.05) is 5.75 Å². The molecule has 1 amide bonds. The molecule has 2 unspecified atom stereocenters. The van der Waals surface area contributed by atoms with Crippen LogP contribution in [-0.2, 0) is 4.79 Å². The maximum atomic E-state index is 12.6. The second-order valence-corrected chi connectivity index (χ2v) is 5.62. The lowest BCUT2D eigenvalue weighted by Gasteiger charge is -2.29. The van der Waals surface area contributed by atoms with Crippen molar-refractivity contribution in [1.29, 1.82) is 0 Å². The average Bonchev–Trinajstić information content (AvgIpc) is 2.88. The van der Waals surface area contributed by atoms with Crippen LogP contribution in [0.2, 0.25) is 0 Å². The summed E-state index contributed by atoms with van der Waals surface area (Å²) in [4.78, 5) is 24.1. The fourth-order valence-electron chi connectivity index (χ4n) is 2.09. The Bertz CT molecular complexity index is 498. The van der Waals surface area contributed by atoms with Crippen LogP contribution in [0.5, 0.6) is 0 Å². The number of carbonyl (C=O) groups is 2. The summed E-state index contributed by atoms with van der Waals surface area (Å²) < 4.78 is -0.840. The quantitative estimate of drug-likeness (QED) is 0.666. The van der Waals surface area contributed by atoms with Crippen molar-refractivity contribution in [2.45, 2.75) is 11.7 Å².